The van der Waals surface area contributed by atoms with E-state index in [2.05, 4.69) is 0 Å². The van der Waals surface area contributed by atoms with Crippen molar-refractivity contribution in [1.82, 2.24) is 4.98 Å². The van der Waals surface area contributed by atoms with Gasteiger partial charge >= 0.3 is 0 Å². The molecule has 2 nitrogen and oxygen atoms in total. The Morgan fingerprint density at radius 1 is 0.781 bits per heavy atom. The summed E-state index contributed by atoms with van der Waals surface area (Å²) in [4.78, 5) is 4.74. The number of ether oxygens (including phenoxy) is 1. The largest absolute Gasteiger partial charge is 0.473 e. The minimum absolute atomic E-state index is 0.0269. The van der Waals surface area contributed by atoms with E-state index < -0.39 is 11.6 Å². The Hall–Kier alpha value is -2.66. The fourth-order valence-corrected chi connectivity index (χ4v) is 3.88. The molecule has 0 N–H and O–H groups in total. The third-order valence-electron chi connectivity index (χ3n) is 4.87. The van der Waals surface area contributed by atoms with Crippen LogP contribution in [0.25, 0.3) is 22.4 Å². The molecule has 4 rings (SSSR count). The predicted molar refractivity (Wildman–Crippen MR) is 126 cm³/mol. The maximum atomic E-state index is 13.5. The molecule has 0 fully saturated rings. The molecular weight excluding hydrogens is 475 g/mol. The molecule has 1 aromatic heterocycles. The highest BCUT2D eigenvalue weighted by Crippen LogP contribution is 2.38. The van der Waals surface area contributed by atoms with Gasteiger partial charge in [-0.25, -0.2) is 13.8 Å². The summed E-state index contributed by atoms with van der Waals surface area (Å²) in [5, 5.41) is 1.57. The van der Waals surface area contributed by atoms with Crippen LogP contribution in [-0.4, -0.2) is 4.98 Å². The van der Waals surface area contributed by atoms with Crippen molar-refractivity contribution < 1.29 is 13.5 Å². The number of nitrogens with zero attached hydrogens (tertiary/aromatic N) is 1. The molecule has 0 aliphatic carbocycles. The molecule has 0 unspecified atom stereocenters. The van der Waals surface area contributed by atoms with Gasteiger partial charge in [0, 0.05) is 26.7 Å². The van der Waals surface area contributed by atoms with Gasteiger partial charge in [-0.3, -0.25) is 0 Å². The molecule has 0 atom stereocenters. The monoisotopic (exact) mass is 489 g/mol. The first-order valence-electron chi connectivity index (χ1n) is 9.61. The van der Waals surface area contributed by atoms with Gasteiger partial charge in [-0.1, -0.05) is 53.0 Å². The van der Waals surface area contributed by atoms with Gasteiger partial charge in [0.25, 0.3) is 0 Å². The fraction of sp³-hybridized carbons (Fsp3) is 0.0800. The third-order valence-corrected chi connectivity index (χ3v) is 5.67. The molecule has 4 aromatic rings. The number of hydrogen-bond acceptors (Lipinski definition) is 2. The molecule has 0 radical (unpaired) electrons. The summed E-state index contributed by atoms with van der Waals surface area (Å²) in [5.41, 5.74) is 4.27. The average molecular weight is 491 g/mol. The third kappa shape index (κ3) is 4.88. The van der Waals surface area contributed by atoms with E-state index in [9.17, 15) is 8.78 Å². The van der Waals surface area contributed by atoms with E-state index >= 15 is 0 Å². The molecule has 3 aromatic carbocycles. The first-order valence-corrected chi connectivity index (χ1v) is 10.7. The number of hydrogen-bond donors (Lipinski definition) is 0. The van der Waals surface area contributed by atoms with Crippen molar-refractivity contribution in [3.63, 3.8) is 0 Å². The quantitative estimate of drug-likeness (QED) is 0.280. The van der Waals surface area contributed by atoms with E-state index in [4.69, 9.17) is 44.5 Å². The van der Waals surface area contributed by atoms with E-state index in [0.717, 1.165) is 28.8 Å². The Labute approximate surface area is 199 Å². The van der Waals surface area contributed by atoms with Crippen molar-refractivity contribution >= 4 is 34.8 Å². The number of rotatable bonds is 5. The summed E-state index contributed by atoms with van der Waals surface area (Å²) >= 11 is 18.6. The van der Waals surface area contributed by atoms with Gasteiger partial charge in [0.2, 0.25) is 5.88 Å². The van der Waals surface area contributed by atoms with E-state index in [0.29, 0.717) is 37.8 Å². The van der Waals surface area contributed by atoms with Crippen LogP contribution in [0.2, 0.25) is 15.1 Å². The van der Waals surface area contributed by atoms with Crippen molar-refractivity contribution in [2.75, 3.05) is 0 Å². The molecule has 0 saturated heterocycles. The summed E-state index contributed by atoms with van der Waals surface area (Å²) in [7, 11) is 0. The SMILES string of the molecule is Cc1cc(-c2ccc(Cl)cc2)c(-c2ccc(Cl)cc2Cl)nc1OCc1ccc(F)c(F)c1. The predicted octanol–water partition coefficient (Wildman–Crippen LogP) is 8.54. The first kappa shape index (κ1) is 22.5. The Kier molecular flexibility index (Phi) is 6.66. The second-order valence-corrected chi connectivity index (χ2v) is 8.45. The van der Waals surface area contributed by atoms with Gasteiger partial charge in [-0.05, 0) is 66.6 Å². The van der Waals surface area contributed by atoms with Crippen LogP contribution in [0.3, 0.4) is 0 Å². The smallest absolute Gasteiger partial charge is 0.217 e. The zero-order valence-corrected chi connectivity index (χ0v) is 19.1. The number of aromatic nitrogens is 1. The lowest BCUT2D eigenvalue weighted by molar-refractivity contribution is 0.291. The standard InChI is InChI=1S/C25H16Cl3F2NO/c1-14-10-20(16-3-5-17(26)6-4-16)24(19-8-7-18(27)12-21(19)28)31-25(14)32-13-15-2-9-22(29)23(30)11-15/h2-12H,13H2,1H3. The zero-order chi connectivity index (χ0) is 22.8. The van der Waals surface area contributed by atoms with Crippen LogP contribution < -0.4 is 4.74 Å². The molecule has 0 aliphatic heterocycles. The lowest BCUT2D eigenvalue weighted by Crippen LogP contribution is -2.02. The maximum Gasteiger partial charge on any atom is 0.217 e. The Morgan fingerprint density at radius 3 is 2.19 bits per heavy atom. The first-order chi connectivity index (χ1) is 15.3. The lowest BCUT2D eigenvalue weighted by atomic mass is 9.98. The van der Waals surface area contributed by atoms with Crippen LogP contribution in [0.4, 0.5) is 8.78 Å². The molecule has 0 aliphatic rings. The molecule has 1 heterocycles. The van der Waals surface area contributed by atoms with Crippen LogP contribution in [0.5, 0.6) is 5.88 Å². The second kappa shape index (κ2) is 9.45. The number of aryl methyl sites for hydroxylation is 1. The van der Waals surface area contributed by atoms with Crippen LogP contribution in [0.1, 0.15) is 11.1 Å². The minimum Gasteiger partial charge on any atom is -0.473 e. The normalized spacial score (nSPS) is 10.9. The molecule has 162 valence electrons. The molecule has 0 amide bonds. The average Bonchev–Trinajstić information content (AvgIpc) is 2.76. The van der Waals surface area contributed by atoms with E-state index in [1.54, 1.807) is 30.3 Å². The lowest BCUT2D eigenvalue weighted by Gasteiger charge is -2.16. The fourth-order valence-electron chi connectivity index (χ4n) is 3.26. The number of benzene rings is 3. The van der Waals surface area contributed by atoms with Crippen molar-refractivity contribution in [2.24, 2.45) is 0 Å². The van der Waals surface area contributed by atoms with Crippen molar-refractivity contribution in [3.8, 4) is 28.3 Å². The highest BCUT2D eigenvalue weighted by Gasteiger charge is 2.17. The van der Waals surface area contributed by atoms with Gasteiger partial charge in [-0.2, -0.15) is 0 Å². The maximum absolute atomic E-state index is 13.5. The Balaban J connectivity index is 1.78. The summed E-state index contributed by atoms with van der Waals surface area (Å²) < 4.78 is 32.6. The number of halogens is 5. The van der Waals surface area contributed by atoms with Gasteiger partial charge in [0.05, 0.1) is 10.7 Å². The van der Waals surface area contributed by atoms with Crippen molar-refractivity contribution in [1.29, 1.82) is 0 Å². The molecule has 0 saturated carbocycles. The Morgan fingerprint density at radius 2 is 1.50 bits per heavy atom. The zero-order valence-electron chi connectivity index (χ0n) is 16.8. The summed E-state index contributed by atoms with van der Waals surface area (Å²) in [5.74, 6) is -1.48. The highest BCUT2D eigenvalue weighted by atomic mass is 35.5. The topological polar surface area (TPSA) is 22.1 Å². The van der Waals surface area contributed by atoms with Gasteiger partial charge in [0.1, 0.15) is 6.61 Å². The van der Waals surface area contributed by atoms with Crippen molar-refractivity contribution in [2.45, 2.75) is 13.5 Å². The van der Waals surface area contributed by atoms with Gasteiger partial charge in [0.15, 0.2) is 11.6 Å². The molecule has 7 heteroatoms. The van der Waals surface area contributed by atoms with Gasteiger partial charge < -0.3 is 4.74 Å². The molecular formula is C25H16Cl3F2NO. The summed E-state index contributed by atoms with van der Waals surface area (Å²) in [6.07, 6.45) is 0. The van der Waals surface area contributed by atoms with Crippen LogP contribution in [-0.2, 0) is 6.61 Å². The highest BCUT2D eigenvalue weighted by molar-refractivity contribution is 6.36. The summed E-state index contributed by atoms with van der Waals surface area (Å²) in [6, 6.07) is 18.1. The van der Waals surface area contributed by atoms with E-state index in [1.807, 2.05) is 25.1 Å². The number of pyridine rings is 1. The minimum atomic E-state index is -0.928. The van der Waals surface area contributed by atoms with E-state index in [-0.39, 0.29) is 6.61 Å². The molecule has 0 spiro atoms. The van der Waals surface area contributed by atoms with Gasteiger partial charge in [-0.15, -0.1) is 0 Å². The van der Waals surface area contributed by atoms with Crippen LogP contribution in [0, 0.1) is 18.6 Å². The summed E-state index contributed by atoms with van der Waals surface area (Å²) in [6.45, 7) is 1.89. The van der Waals surface area contributed by atoms with Crippen LogP contribution in [0.15, 0.2) is 66.7 Å². The van der Waals surface area contributed by atoms with E-state index in [1.165, 1.54) is 6.07 Å². The molecule has 0 bridgehead atoms. The van der Waals surface area contributed by atoms with Crippen molar-refractivity contribution in [3.05, 3.63) is 105 Å². The molecule has 32 heavy (non-hydrogen) atoms. The second-order valence-electron chi connectivity index (χ2n) is 7.17. The van der Waals surface area contributed by atoms with Crippen LogP contribution >= 0.6 is 34.8 Å². The Bertz CT molecular complexity index is 1290.